The molecule has 0 radical (unpaired) electrons. The van der Waals surface area contributed by atoms with Crippen molar-refractivity contribution in [2.45, 2.75) is 0 Å². The Hall–Kier alpha value is -3.17. The Balaban J connectivity index is 1.89. The molecule has 126 valence electrons. The molecular formula is C22H15ClN2O. The Morgan fingerprint density at radius 1 is 0.885 bits per heavy atom. The molecule has 1 N–H and O–H groups in total. The maximum atomic E-state index is 13.2. The number of carbonyl (C=O) groups excluding carboxylic acids is 1. The number of H-pyrrole nitrogens is 1. The number of nitrogens with one attached hydrogen (secondary N) is 1. The Morgan fingerprint density at radius 3 is 2.35 bits per heavy atom. The first-order valence-electron chi connectivity index (χ1n) is 8.23. The minimum absolute atomic E-state index is 0.107. The van der Waals surface area contributed by atoms with Gasteiger partial charge < -0.3 is 4.98 Å². The van der Waals surface area contributed by atoms with E-state index in [1.165, 1.54) is 0 Å². The summed E-state index contributed by atoms with van der Waals surface area (Å²) in [6.45, 7) is 0. The molecule has 0 saturated heterocycles. The SMILES string of the molecule is O=C(/C(=C/c1ccccc1Cl)c1nc2ccccc2[nH]1)c1ccccc1. The van der Waals surface area contributed by atoms with Crippen molar-refractivity contribution >= 4 is 40.1 Å². The van der Waals surface area contributed by atoms with E-state index in [2.05, 4.69) is 9.97 Å². The fraction of sp³-hybridized carbons (Fsp3) is 0. The lowest BCUT2D eigenvalue weighted by Gasteiger charge is -2.06. The molecule has 4 rings (SSSR count). The lowest BCUT2D eigenvalue weighted by Crippen LogP contribution is -2.04. The minimum Gasteiger partial charge on any atom is -0.338 e. The van der Waals surface area contributed by atoms with Crippen LogP contribution in [0.2, 0.25) is 5.02 Å². The summed E-state index contributed by atoms with van der Waals surface area (Å²) >= 11 is 6.30. The highest BCUT2D eigenvalue weighted by atomic mass is 35.5. The van der Waals surface area contributed by atoms with Gasteiger partial charge in [0, 0.05) is 10.6 Å². The van der Waals surface area contributed by atoms with E-state index in [-0.39, 0.29) is 5.78 Å². The Bertz CT molecular complexity index is 1080. The quantitative estimate of drug-likeness (QED) is 0.379. The number of hydrogen-bond donors (Lipinski definition) is 1. The fourth-order valence-electron chi connectivity index (χ4n) is 2.81. The van der Waals surface area contributed by atoms with Gasteiger partial charge in [-0.15, -0.1) is 0 Å². The molecule has 0 spiro atoms. The van der Waals surface area contributed by atoms with E-state index in [9.17, 15) is 4.79 Å². The van der Waals surface area contributed by atoms with Gasteiger partial charge in [-0.3, -0.25) is 4.79 Å². The number of allylic oxidation sites excluding steroid dienone is 1. The van der Waals surface area contributed by atoms with E-state index in [0.29, 0.717) is 22.0 Å². The van der Waals surface area contributed by atoms with Crippen molar-refractivity contribution in [1.82, 2.24) is 9.97 Å². The summed E-state index contributed by atoms with van der Waals surface area (Å²) in [5.41, 5.74) is 3.54. The molecule has 0 amide bonds. The van der Waals surface area contributed by atoms with Crippen molar-refractivity contribution < 1.29 is 4.79 Å². The monoisotopic (exact) mass is 358 g/mol. The molecule has 0 saturated carbocycles. The van der Waals surface area contributed by atoms with Crippen molar-refractivity contribution in [1.29, 1.82) is 0 Å². The van der Waals surface area contributed by atoms with Gasteiger partial charge in [0.1, 0.15) is 5.82 Å². The van der Waals surface area contributed by atoms with Gasteiger partial charge in [0.2, 0.25) is 0 Å². The van der Waals surface area contributed by atoms with E-state index < -0.39 is 0 Å². The molecule has 0 bridgehead atoms. The lowest BCUT2D eigenvalue weighted by atomic mass is 10.0. The average molecular weight is 359 g/mol. The smallest absolute Gasteiger partial charge is 0.196 e. The van der Waals surface area contributed by atoms with Crippen molar-refractivity contribution in [3.05, 3.63) is 101 Å². The third kappa shape index (κ3) is 3.17. The zero-order chi connectivity index (χ0) is 17.9. The number of aromatic nitrogens is 2. The zero-order valence-electron chi connectivity index (χ0n) is 13.8. The molecule has 3 aromatic carbocycles. The van der Waals surface area contributed by atoms with Crippen LogP contribution in [-0.4, -0.2) is 15.8 Å². The largest absolute Gasteiger partial charge is 0.338 e. The van der Waals surface area contributed by atoms with Crippen LogP contribution in [0.25, 0.3) is 22.7 Å². The van der Waals surface area contributed by atoms with Crippen molar-refractivity contribution in [2.75, 3.05) is 0 Å². The van der Waals surface area contributed by atoms with Gasteiger partial charge in [-0.05, 0) is 29.8 Å². The van der Waals surface area contributed by atoms with Crippen LogP contribution in [0.1, 0.15) is 21.7 Å². The van der Waals surface area contributed by atoms with Gasteiger partial charge in [0.05, 0.1) is 16.6 Å². The minimum atomic E-state index is -0.107. The summed E-state index contributed by atoms with van der Waals surface area (Å²) in [5, 5.41) is 0.585. The summed E-state index contributed by atoms with van der Waals surface area (Å²) < 4.78 is 0. The number of Topliss-reactive ketones (excluding diaryl/α,β-unsaturated/α-hetero) is 1. The number of aromatic amines is 1. The van der Waals surface area contributed by atoms with Gasteiger partial charge in [0.15, 0.2) is 5.78 Å². The zero-order valence-corrected chi connectivity index (χ0v) is 14.6. The second-order valence-electron chi connectivity index (χ2n) is 5.88. The molecule has 26 heavy (non-hydrogen) atoms. The van der Waals surface area contributed by atoms with Crippen molar-refractivity contribution in [3.63, 3.8) is 0 Å². The average Bonchev–Trinajstić information content (AvgIpc) is 3.11. The van der Waals surface area contributed by atoms with Gasteiger partial charge in [-0.2, -0.15) is 0 Å². The van der Waals surface area contributed by atoms with Gasteiger partial charge in [-0.1, -0.05) is 72.3 Å². The van der Waals surface area contributed by atoms with E-state index in [4.69, 9.17) is 11.6 Å². The van der Waals surface area contributed by atoms with Crippen molar-refractivity contribution in [3.8, 4) is 0 Å². The van der Waals surface area contributed by atoms with Crippen molar-refractivity contribution in [2.24, 2.45) is 0 Å². The molecule has 0 aliphatic heterocycles. The number of ketones is 1. The topological polar surface area (TPSA) is 45.8 Å². The summed E-state index contributed by atoms with van der Waals surface area (Å²) in [7, 11) is 0. The maximum absolute atomic E-state index is 13.2. The standard InChI is InChI=1S/C22H15ClN2O/c23-18-11-5-4-10-16(18)14-17(21(26)15-8-2-1-3-9-15)22-24-19-12-6-7-13-20(19)25-22/h1-14H,(H,24,25)/b17-14-. The molecule has 0 unspecified atom stereocenters. The summed E-state index contributed by atoms with van der Waals surface area (Å²) in [6.07, 6.45) is 1.79. The maximum Gasteiger partial charge on any atom is 0.196 e. The highest BCUT2D eigenvalue weighted by Gasteiger charge is 2.18. The highest BCUT2D eigenvalue weighted by Crippen LogP contribution is 2.26. The number of imidazole rings is 1. The molecule has 0 aliphatic rings. The number of nitrogens with zero attached hydrogens (tertiary/aromatic N) is 1. The van der Waals surface area contributed by atoms with Crippen LogP contribution in [0, 0.1) is 0 Å². The predicted molar refractivity (Wildman–Crippen MR) is 106 cm³/mol. The number of hydrogen-bond acceptors (Lipinski definition) is 2. The molecule has 0 fully saturated rings. The van der Waals surface area contributed by atoms with E-state index in [1.807, 2.05) is 60.7 Å². The van der Waals surface area contributed by atoms with Gasteiger partial charge in [0.25, 0.3) is 0 Å². The first kappa shape index (κ1) is 16.3. The Kier molecular flexibility index (Phi) is 4.38. The summed E-state index contributed by atoms with van der Waals surface area (Å²) in [5.74, 6) is 0.421. The number of benzene rings is 3. The predicted octanol–water partition coefficient (Wildman–Crippen LogP) is 5.64. The molecule has 1 heterocycles. The first-order valence-corrected chi connectivity index (χ1v) is 8.61. The lowest BCUT2D eigenvalue weighted by molar-refractivity contribution is 0.105. The number of rotatable bonds is 4. The third-order valence-corrected chi connectivity index (χ3v) is 4.47. The van der Waals surface area contributed by atoms with Gasteiger partial charge in [-0.25, -0.2) is 4.98 Å². The molecule has 3 nitrogen and oxygen atoms in total. The molecule has 4 aromatic rings. The van der Waals surface area contributed by atoms with Crippen LogP contribution < -0.4 is 0 Å². The molecule has 0 aliphatic carbocycles. The molecule has 4 heteroatoms. The van der Waals surface area contributed by atoms with Crippen LogP contribution in [0.5, 0.6) is 0 Å². The number of fused-ring (bicyclic) bond motifs is 1. The third-order valence-electron chi connectivity index (χ3n) is 4.13. The Morgan fingerprint density at radius 2 is 1.58 bits per heavy atom. The van der Waals surface area contributed by atoms with Crippen LogP contribution in [0.3, 0.4) is 0 Å². The Labute approximate surface area is 156 Å². The van der Waals surface area contributed by atoms with Gasteiger partial charge >= 0.3 is 0 Å². The summed E-state index contributed by atoms with van der Waals surface area (Å²) in [6, 6.07) is 24.3. The molecule has 0 atom stereocenters. The number of para-hydroxylation sites is 2. The first-order chi connectivity index (χ1) is 12.7. The second-order valence-corrected chi connectivity index (χ2v) is 6.28. The second kappa shape index (κ2) is 6.98. The van der Waals surface area contributed by atoms with E-state index >= 15 is 0 Å². The van der Waals surface area contributed by atoms with Crippen LogP contribution >= 0.6 is 11.6 Å². The van der Waals surface area contributed by atoms with Crippen LogP contribution in [-0.2, 0) is 0 Å². The molecule has 1 aromatic heterocycles. The van der Waals surface area contributed by atoms with E-state index in [0.717, 1.165) is 16.6 Å². The normalized spacial score (nSPS) is 11.7. The van der Waals surface area contributed by atoms with E-state index in [1.54, 1.807) is 24.3 Å². The number of carbonyl (C=O) groups is 1. The fourth-order valence-corrected chi connectivity index (χ4v) is 3.00. The molecular weight excluding hydrogens is 344 g/mol. The van der Waals surface area contributed by atoms with Crippen LogP contribution in [0.4, 0.5) is 0 Å². The summed E-state index contributed by atoms with van der Waals surface area (Å²) in [4.78, 5) is 21.0. The van der Waals surface area contributed by atoms with Crippen LogP contribution in [0.15, 0.2) is 78.9 Å². The number of halogens is 1. The highest BCUT2D eigenvalue weighted by molar-refractivity contribution is 6.35.